The third-order valence-corrected chi connectivity index (χ3v) is 5.94. The third-order valence-electron chi connectivity index (χ3n) is 5.94. The summed E-state index contributed by atoms with van der Waals surface area (Å²) >= 11 is 0. The van der Waals surface area contributed by atoms with Gasteiger partial charge in [-0.1, -0.05) is 84.0 Å². The van der Waals surface area contributed by atoms with Crippen molar-refractivity contribution in [1.29, 1.82) is 0 Å². The molecule has 3 atom stereocenters. The van der Waals surface area contributed by atoms with Crippen LogP contribution in [0, 0.1) is 0 Å². The molecule has 3 unspecified atom stereocenters. The molecule has 1 fully saturated rings. The highest BCUT2D eigenvalue weighted by atomic mass is 16.7. The number of hydrogen-bond acceptors (Lipinski definition) is 5. The Morgan fingerprint density at radius 1 is 0.833 bits per heavy atom. The standard InChI is InChI=1S/C25H50O5/c1-3-4-5-6-7-8-9-10-11-12-13-14-17-23(26)20-28-21-24(27-2)22-30-25-18-15-16-19-29-25/h23-26H,3-22H2,1-2H3. The number of rotatable bonds is 21. The first-order valence-electron chi connectivity index (χ1n) is 12.8. The highest BCUT2D eigenvalue weighted by Gasteiger charge is 2.17. The van der Waals surface area contributed by atoms with Gasteiger partial charge in [0.1, 0.15) is 6.10 Å². The second kappa shape index (κ2) is 20.7. The maximum absolute atomic E-state index is 10.1. The van der Waals surface area contributed by atoms with Crippen molar-refractivity contribution in [1.82, 2.24) is 0 Å². The van der Waals surface area contributed by atoms with Gasteiger partial charge in [-0.3, -0.25) is 0 Å². The summed E-state index contributed by atoms with van der Waals surface area (Å²) in [6.07, 6.45) is 19.5. The van der Waals surface area contributed by atoms with Crippen LogP contribution < -0.4 is 0 Å². The second-order valence-electron chi connectivity index (χ2n) is 8.86. The van der Waals surface area contributed by atoms with Crippen molar-refractivity contribution < 1.29 is 24.1 Å². The van der Waals surface area contributed by atoms with E-state index in [2.05, 4.69) is 6.92 Å². The van der Waals surface area contributed by atoms with Gasteiger partial charge in [-0.25, -0.2) is 0 Å². The van der Waals surface area contributed by atoms with Crippen LogP contribution in [0.1, 0.15) is 110 Å². The first-order valence-corrected chi connectivity index (χ1v) is 12.8. The normalized spacial score (nSPS) is 19.1. The molecular formula is C25H50O5. The van der Waals surface area contributed by atoms with Crippen LogP contribution in [0.4, 0.5) is 0 Å². The second-order valence-corrected chi connectivity index (χ2v) is 8.86. The third kappa shape index (κ3) is 16.5. The summed E-state index contributed by atoms with van der Waals surface area (Å²) in [4.78, 5) is 0. The molecule has 0 aliphatic carbocycles. The highest BCUT2D eigenvalue weighted by molar-refractivity contribution is 4.61. The Hall–Kier alpha value is -0.200. The molecule has 5 heteroatoms. The molecule has 0 saturated carbocycles. The summed E-state index contributed by atoms with van der Waals surface area (Å²) in [7, 11) is 1.67. The van der Waals surface area contributed by atoms with E-state index in [-0.39, 0.29) is 18.5 Å². The molecule has 1 N–H and O–H groups in total. The van der Waals surface area contributed by atoms with Gasteiger partial charge in [0.2, 0.25) is 0 Å². The molecular weight excluding hydrogens is 380 g/mol. The lowest BCUT2D eigenvalue weighted by molar-refractivity contribution is -0.182. The molecule has 5 nitrogen and oxygen atoms in total. The van der Waals surface area contributed by atoms with Gasteiger partial charge in [0.15, 0.2) is 6.29 Å². The number of unbranched alkanes of at least 4 members (excludes halogenated alkanes) is 11. The van der Waals surface area contributed by atoms with E-state index in [0.29, 0.717) is 19.8 Å². The van der Waals surface area contributed by atoms with Crippen LogP contribution in [0.2, 0.25) is 0 Å². The maximum Gasteiger partial charge on any atom is 0.157 e. The highest BCUT2D eigenvalue weighted by Crippen LogP contribution is 2.15. The van der Waals surface area contributed by atoms with E-state index in [1.807, 2.05) is 0 Å². The topological polar surface area (TPSA) is 57.2 Å². The predicted molar refractivity (Wildman–Crippen MR) is 123 cm³/mol. The summed E-state index contributed by atoms with van der Waals surface area (Å²) in [5.74, 6) is 0. The van der Waals surface area contributed by atoms with Crippen molar-refractivity contribution in [3.8, 4) is 0 Å². The van der Waals surface area contributed by atoms with Gasteiger partial charge in [0.25, 0.3) is 0 Å². The van der Waals surface area contributed by atoms with Crippen LogP contribution in [0.15, 0.2) is 0 Å². The Kier molecular flexibility index (Phi) is 19.2. The Balaban J connectivity index is 1.86. The van der Waals surface area contributed by atoms with Crippen LogP contribution in [0.25, 0.3) is 0 Å². The van der Waals surface area contributed by atoms with Gasteiger partial charge >= 0.3 is 0 Å². The molecule has 180 valence electrons. The van der Waals surface area contributed by atoms with Crippen LogP contribution in [0.5, 0.6) is 0 Å². The lowest BCUT2D eigenvalue weighted by Gasteiger charge is -2.25. The Morgan fingerprint density at radius 3 is 2.03 bits per heavy atom. The first-order chi connectivity index (χ1) is 14.8. The monoisotopic (exact) mass is 430 g/mol. The van der Waals surface area contributed by atoms with E-state index in [4.69, 9.17) is 18.9 Å². The van der Waals surface area contributed by atoms with E-state index in [1.165, 1.54) is 70.6 Å². The van der Waals surface area contributed by atoms with E-state index in [0.717, 1.165) is 38.7 Å². The number of aliphatic hydroxyl groups excluding tert-OH is 1. The fraction of sp³-hybridized carbons (Fsp3) is 1.00. The zero-order chi connectivity index (χ0) is 21.7. The first kappa shape index (κ1) is 27.8. The average molecular weight is 431 g/mol. The van der Waals surface area contributed by atoms with Gasteiger partial charge in [-0.05, 0) is 25.7 Å². The molecule has 1 aliphatic rings. The minimum atomic E-state index is -0.381. The molecule has 1 aliphatic heterocycles. The van der Waals surface area contributed by atoms with Crippen molar-refractivity contribution in [2.45, 2.75) is 128 Å². The molecule has 0 bridgehead atoms. The van der Waals surface area contributed by atoms with Gasteiger partial charge in [-0.15, -0.1) is 0 Å². The van der Waals surface area contributed by atoms with Crippen LogP contribution >= 0.6 is 0 Å². The van der Waals surface area contributed by atoms with E-state index in [9.17, 15) is 5.11 Å². The predicted octanol–water partition coefficient (Wildman–Crippen LogP) is 6.01. The lowest BCUT2D eigenvalue weighted by atomic mass is 10.0. The van der Waals surface area contributed by atoms with Gasteiger partial charge in [-0.2, -0.15) is 0 Å². The van der Waals surface area contributed by atoms with Crippen LogP contribution in [-0.2, 0) is 18.9 Å². The van der Waals surface area contributed by atoms with Crippen LogP contribution in [0.3, 0.4) is 0 Å². The summed E-state index contributed by atoms with van der Waals surface area (Å²) < 4.78 is 22.4. The largest absolute Gasteiger partial charge is 0.391 e. The number of ether oxygens (including phenoxy) is 4. The van der Waals surface area contributed by atoms with Crippen molar-refractivity contribution in [3.05, 3.63) is 0 Å². The summed E-state index contributed by atoms with van der Waals surface area (Å²) in [6, 6.07) is 0. The molecule has 0 radical (unpaired) electrons. The lowest BCUT2D eigenvalue weighted by Crippen LogP contribution is -2.31. The Morgan fingerprint density at radius 2 is 1.47 bits per heavy atom. The minimum Gasteiger partial charge on any atom is -0.391 e. The number of methoxy groups -OCH3 is 1. The van der Waals surface area contributed by atoms with E-state index >= 15 is 0 Å². The van der Waals surface area contributed by atoms with Crippen LogP contribution in [-0.4, -0.2) is 57.1 Å². The molecule has 1 rings (SSSR count). The van der Waals surface area contributed by atoms with Crippen molar-refractivity contribution >= 4 is 0 Å². The van der Waals surface area contributed by atoms with Gasteiger partial charge < -0.3 is 24.1 Å². The maximum atomic E-state index is 10.1. The SMILES string of the molecule is CCCCCCCCCCCCCCC(O)COCC(COC1CCCCO1)OC. The van der Waals surface area contributed by atoms with E-state index < -0.39 is 0 Å². The smallest absolute Gasteiger partial charge is 0.157 e. The van der Waals surface area contributed by atoms with E-state index in [1.54, 1.807) is 7.11 Å². The molecule has 30 heavy (non-hydrogen) atoms. The van der Waals surface area contributed by atoms with Crippen molar-refractivity contribution in [2.75, 3.05) is 33.5 Å². The molecule has 1 saturated heterocycles. The van der Waals surface area contributed by atoms with Gasteiger partial charge in [0.05, 0.1) is 25.9 Å². The fourth-order valence-corrected chi connectivity index (χ4v) is 3.88. The van der Waals surface area contributed by atoms with Gasteiger partial charge in [0, 0.05) is 13.7 Å². The fourth-order valence-electron chi connectivity index (χ4n) is 3.88. The summed E-state index contributed by atoms with van der Waals surface area (Å²) in [5, 5.41) is 10.1. The molecule has 0 amide bonds. The molecule has 0 aromatic rings. The molecule has 0 spiro atoms. The summed E-state index contributed by atoms with van der Waals surface area (Å²) in [5.41, 5.74) is 0. The minimum absolute atomic E-state index is 0.104. The summed E-state index contributed by atoms with van der Waals surface area (Å²) in [6.45, 7) is 4.34. The zero-order valence-electron chi connectivity index (χ0n) is 20.0. The van der Waals surface area contributed by atoms with Crippen molar-refractivity contribution in [2.24, 2.45) is 0 Å². The molecule has 1 heterocycles. The number of aliphatic hydroxyl groups is 1. The quantitative estimate of drug-likeness (QED) is 0.226. The Labute approximate surface area is 186 Å². The number of hydrogen-bond donors (Lipinski definition) is 1. The average Bonchev–Trinajstić information content (AvgIpc) is 2.77. The molecule has 0 aromatic heterocycles. The van der Waals surface area contributed by atoms with Crippen molar-refractivity contribution in [3.63, 3.8) is 0 Å². The Bertz CT molecular complexity index is 346. The molecule has 0 aromatic carbocycles. The zero-order valence-corrected chi connectivity index (χ0v) is 20.0.